The molecule has 1 aromatic rings. The van der Waals surface area contributed by atoms with Crippen molar-refractivity contribution < 1.29 is 21.8 Å². The number of nitrogens with zero attached hydrogens (tertiary/aromatic N) is 1. The highest BCUT2D eigenvalue weighted by molar-refractivity contribution is 5.15. The Hall–Kier alpha value is -0.540. The van der Waals surface area contributed by atoms with Gasteiger partial charge in [0.1, 0.15) is 0 Å². The number of halogens is 1. The largest absolute Gasteiger partial charge is 1.00 e. The molecule has 0 aromatic carbocycles. The summed E-state index contributed by atoms with van der Waals surface area (Å²) in [6.07, 6.45) is 5.26. The van der Waals surface area contributed by atoms with E-state index in [1.165, 1.54) is 25.7 Å². The molecule has 2 saturated heterocycles. The number of fused-ring (bicyclic) bond motifs is 2. The second-order valence-electron chi connectivity index (χ2n) is 4.87. The number of rotatable bonds is 1. The van der Waals surface area contributed by atoms with E-state index in [0.29, 0.717) is 0 Å². The Labute approximate surface area is 96.2 Å². The van der Waals surface area contributed by atoms with Gasteiger partial charge in [-0.3, -0.25) is 0 Å². The zero-order valence-electron chi connectivity index (χ0n) is 9.22. The van der Waals surface area contributed by atoms with E-state index in [-0.39, 0.29) is 17.9 Å². The maximum atomic E-state index is 5.47. The summed E-state index contributed by atoms with van der Waals surface area (Å²) in [6, 6.07) is 2.98. The Morgan fingerprint density at radius 3 is 2.53 bits per heavy atom. The van der Waals surface area contributed by atoms with E-state index in [2.05, 4.69) is 18.3 Å². The molecule has 4 heteroatoms. The fourth-order valence-corrected chi connectivity index (χ4v) is 3.36. The number of hydrogen-bond donors (Lipinski definition) is 1. The van der Waals surface area contributed by atoms with Gasteiger partial charge in [-0.05, 0) is 6.92 Å². The number of aryl methyl sites for hydroxylation is 1. The topological polar surface area (TPSA) is 30.5 Å². The first kappa shape index (κ1) is 11.0. The van der Waals surface area contributed by atoms with Crippen LogP contribution in [0.2, 0.25) is 0 Å². The average Bonchev–Trinajstić information content (AvgIpc) is 2.83. The van der Waals surface area contributed by atoms with Gasteiger partial charge in [0.25, 0.3) is 0 Å². The third kappa shape index (κ3) is 1.33. The molecular formula is C11H17ClN2O. The number of quaternary nitrogens is 1. The molecule has 1 aromatic heterocycles. The van der Waals surface area contributed by atoms with Crippen molar-refractivity contribution in [1.29, 1.82) is 0 Å². The minimum Gasteiger partial charge on any atom is -1.00 e. The highest BCUT2D eigenvalue weighted by Crippen LogP contribution is 2.40. The summed E-state index contributed by atoms with van der Waals surface area (Å²) in [5.41, 5.74) is 1.28. The molecule has 0 aliphatic carbocycles. The predicted molar refractivity (Wildman–Crippen MR) is 52.1 cm³/mol. The molecule has 0 saturated carbocycles. The zero-order chi connectivity index (χ0) is 9.76. The monoisotopic (exact) mass is 228 g/mol. The minimum absolute atomic E-state index is 0. The van der Waals surface area contributed by atoms with Crippen molar-refractivity contribution in [3.05, 3.63) is 17.5 Å². The lowest BCUT2D eigenvalue weighted by Crippen LogP contribution is -3.14. The van der Waals surface area contributed by atoms with Gasteiger partial charge in [0.05, 0.1) is 18.8 Å². The quantitative estimate of drug-likeness (QED) is 0.584. The van der Waals surface area contributed by atoms with Gasteiger partial charge in [0.2, 0.25) is 0 Å². The van der Waals surface area contributed by atoms with Crippen LogP contribution in [0, 0.1) is 6.92 Å². The summed E-state index contributed by atoms with van der Waals surface area (Å²) in [6.45, 7) is 2.00. The van der Waals surface area contributed by atoms with Gasteiger partial charge >= 0.3 is 0 Å². The van der Waals surface area contributed by atoms with Crippen molar-refractivity contribution in [2.75, 3.05) is 7.05 Å². The van der Waals surface area contributed by atoms with Crippen molar-refractivity contribution in [3.63, 3.8) is 0 Å². The van der Waals surface area contributed by atoms with Gasteiger partial charge in [-0.25, -0.2) is 0 Å². The number of aromatic nitrogens is 1. The van der Waals surface area contributed by atoms with Crippen LogP contribution in [0.1, 0.15) is 37.1 Å². The molecule has 1 N–H and O–H groups in total. The molecule has 15 heavy (non-hydrogen) atoms. The van der Waals surface area contributed by atoms with Crippen molar-refractivity contribution in [3.8, 4) is 0 Å². The summed E-state index contributed by atoms with van der Waals surface area (Å²) in [5, 5.41) is 4.02. The van der Waals surface area contributed by atoms with Crippen LogP contribution in [0.25, 0.3) is 0 Å². The van der Waals surface area contributed by atoms with E-state index in [1.807, 2.05) is 6.92 Å². The molecule has 84 valence electrons. The summed E-state index contributed by atoms with van der Waals surface area (Å²) < 4.78 is 5.47. The molecule has 0 amide bonds. The molecule has 2 fully saturated rings. The van der Waals surface area contributed by atoms with Gasteiger partial charge in [-0.15, -0.1) is 0 Å². The van der Waals surface area contributed by atoms with E-state index in [1.54, 1.807) is 4.90 Å². The highest BCUT2D eigenvalue weighted by Gasteiger charge is 2.57. The van der Waals surface area contributed by atoms with Gasteiger partial charge < -0.3 is 21.8 Å². The van der Waals surface area contributed by atoms with Gasteiger partial charge in [0, 0.05) is 31.7 Å². The van der Waals surface area contributed by atoms with Crippen molar-refractivity contribution in [2.24, 2.45) is 0 Å². The molecule has 2 aliphatic heterocycles. The summed E-state index contributed by atoms with van der Waals surface area (Å²) in [4.78, 5) is 1.65. The minimum atomic E-state index is 0. The molecule has 0 spiro atoms. The van der Waals surface area contributed by atoms with Crippen LogP contribution in [0.4, 0.5) is 0 Å². The first-order chi connectivity index (χ1) is 6.72. The van der Waals surface area contributed by atoms with E-state index in [4.69, 9.17) is 4.52 Å². The maximum absolute atomic E-state index is 5.47. The van der Waals surface area contributed by atoms with E-state index in [0.717, 1.165) is 17.5 Å². The molecule has 3 heterocycles. The van der Waals surface area contributed by atoms with E-state index >= 15 is 0 Å². The van der Waals surface area contributed by atoms with Crippen LogP contribution in [0.5, 0.6) is 0 Å². The second-order valence-corrected chi connectivity index (χ2v) is 4.87. The molecule has 3 nitrogen and oxygen atoms in total. The Morgan fingerprint density at radius 1 is 1.47 bits per heavy atom. The van der Waals surface area contributed by atoms with Crippen molar-refractivity contribution in [1.82, 2.24) is 5.16 Å². The van der Waals surface area contributed by atoms with Crippen LogP contribution in [-0.4, -0.2) is 18.2 Å². The second kappa shape index (κ2) is 3.49. The Balaban J connectivity index is 0.000000853. The standard InChI is InChI=1S/C11H16N2O.ClH/c1-8-7-10(14-12-8)11-5-3-9(4-6-11)13(11)2;/h7,9H,3-6H2,1-2H3;1H. The molecule has 0 radical (unpaired) electrons. The zero-order valence-corrected chi connectivity index (χ0v) is 9.97. The lowest BCUT2D eigenvalue weighted by molar-refractivity contribution is -0.937. The molecule has 3 rings (SSSR count). The van der Waals surface area contributed by atoms with Gasteiger partial charge in [-0.2, -0.15) is 0 Å². The molecular weight excluding hydrogens is 212 g/mol. The number of nitrogens with one attached hydrogen (secondary N) is 1. The lowest BCUT2D eigenvalue weighted by Gasteiger charge is -2.25. The summed E-state index contributed by atoms with van der Waals surface area (Å²) in [7, 11) is 2.31. The number of hydrogen-bond acceptors (Lipinski definition) is 2. The Kier molecular flexibility index (Phi) is 2.55. The van der Waals surface area contributed by atoms with E-state index in [9.17, 15) is 0 Å². The third-order valence-electron chi connectivity index (χ3n) is 4.31. The smallest absolute Gasteiger partial charge is 0.197 e. The van der Waals surface area contributed by atoms with Gasteiger partial charge in [-0.1, -0.05) is 5.16 Å². The van der Waals surface area contributed by atoms with Crippen molar-refractivity contribution in [2.45, 2.75) is 44.2 Å². The molecule has 2 aliphatic rings. The van der Waals surface area contributed by atoms with Crippen LogP contribution in [0.3, 0.4) is 0 Å². The van der Waals surface area contributed by atoms with Crippen LogP contribution < -0.4 is 17.3 Å². The lowest BCUT2D eigenvalue weighted by atomic mass is 9.85. The summed E-state index contributed by atoms with van der Waals surface area (Å²) >= 11 is 0. The summed E-state index contributed by atoms with van der Waals surface area (Å²) in [5.74, 6) is 1.12. The van der Waals surface area contributed by atoms with Crippen LogP contribution in [0.15, 0.2) is 10.6 Å². The van der Waals surface area contributed by atoms with Crippen LogP contribution >= 0.6 is 0 Å². The Bertz CT molecular complexity index is 355. The van der Waals surface area contributed by atoms with Crippen molar-refractivity contribution >= 4 is 0 Å². The fraction of sp³-hybridized carbons (Fsp3) is 0.727. The average molecular weight is 229 g/mol. The first-order valence-electron chi connectivity index (χ1n) is 5.50. The Morgan fingerprint density at radius 2 is 2.13 bits per heavy atom. The maximum Gasteiger partial charge on any atom is 0.197 e. The first-order valence-corrected chi connectivity index (χ1v) is 5.50. The van der Waals surface area contributed by atoms with Gasteiger partial charge in [0.15, 0.2) is 11.3 Å². The van der Waals surface area contributed by atoms with E-state index < -0.39 is 0 Å². The highest BCUT2D eigenvalue weighted by atomic mass is 35.5. The molecule has 1 unspecified atom stereocenters. The third-order valence-corrected chi connectivity index (χ3v) is 4.31. The normalized spacial score (nSPS) is 38.0. The SMILES string of the molecule is Cc1cc(C23CCC(CC2)[NH+]3C)on1.[Cl-]. The molecule has 2 bridgehead atoms. The molecule has 1 atom stereocenters. The predicted octanol–water partition coefficient (Wildman–Crippen LogP) is -2.35. The van der Waals surface area contributed by atoms with Crippen LogP contribution in [-0.2, 0) is 5.54 Å². The fourth-order valence-electron chi connectivity index (χ4n) is 3.36.